The summed E-state index contributed by atoms with van der Waals surface area (Å²) < 4.78 is 0.412. The normalized spacial score (nSPS) is 13.7. The topological polar surface area (TPSA) is 53.1 Å². The van der Waals surface area contributed by atoms with E-state index in [1.54, 1.807) is 0 Å². The van der Waals surface area contributed by atoms with E-state index >= 15 is 0 Å². The first-order valence-electron chi connectivity index (χ1n) is 5.98. The number of nitrogens with zero attached hydrogens (tertiary/aromatic N) is 1. The van der Waals surface area contributed by atoms with E-state index in [2.05, 4.69) is 4.98 Å². The second kappa shape index (κ2) is 4.46. The highest BCUT2D eigenvalue weighted by Crippen LogP contribution is 2.21. The minimum atomic E-state index is -0.757. The maximum atomic E-state index is 11.4. The number of quaternary nitrogens is 1. The van der Waals surface area contributed by atoms with Crippen LogP contribution in [0.4, 0.5) is 0 Å². The zero-order valence-electron chi connectivity index (χ0n) is 11.0. The largest absolute Gasteiger partial charge is 0.477 e. The van der Waals surface area contributed by atoms with Crippen LogP contribution in [0, 0.1) is 0 Å². The van der Waals surface area contributed by atoms with E-state index in [1.165, 1.54) is 0 Å². The van der Waals surface area contributed by atoms with Crippen LogP contribution in [0.2, 0.25) is 0 Å². The molecule has 0 fully saturated rings. The van der Waals surface area contributed by atoms with Crippen LogP contribution in [0.5, 0.6) is 0 Å². The summed E-state index contributed by atoms with van der Waals surface area (Å²) in [7, 11) is 5.73. The van der Waals surface area contributed by atoms with Crippen molar-refractivity contribution in [3.8, 4) is 0 Å². The Labute approximate surface area is 106 Å². The summed E-state index contributed by atoms with van der Waals surface area (Å²) in [5.74, 6) is -0.757. The predicted molar refractivity (Wildman–Crippen MR) is 71.5 cm³/mol. The van der Waals surface area contributed by atoms with Gasteiger partial charge in [0.1, 0.15) is 0 Å². The molecule has 0 radical (unpaired) electrons. The number of aromatic amines is 1. The van der Waals surface area contributed by atoms with Crippen LogP contribution in [-0.2, 0) is 11.2 Å². The van der Waals surface area contributed by atoms with Gasteiger partial charge in [-0.25, -0.2) is 4.79 Å². The molecule has 1 heterocycles. The number of nitrogens with one attached hydrogen (secondary N) is 1. The zero-order chi connectivity index (χ0) is 13.3. The lowest BCUT2D eigenvalue weighted by atomic mass is 10.0. The summed E-state index contributed by atoms with van der Waals surface area (Å²) in [4.78, 5) is 14.6. The predicted octanol–water partition coefficient (Wildman–Crippen LogP) is 1.87. The smallest absolute Gasteiger partial charge is 0.362 e. The van der Waals surface area contributed by atoms with Gasteiger partial charge in [0.15, 0.2) is 6.04 Å². The number of carboxylic acid groups (broad SMARTS) is 1. The van der Waals surface area contributed by atoms with Crippen LogP contribution in [0.3, 0.4) is 0 Å². The van der Waals surface area contributed by atoms with Crippen molar-refractivity contribution < 1.29 is 14.4 Å². The molecule has 1 aromatic carbocycles. The van der Waals surface area contributed by atoms with Gasteiger partial charge in [-0.2, -0.15) is 0 Å². The minimum absolute atomic E-state index is 0.412. The van der Waals surface area contributed by atoms with Crippen LogP contribution < -0.4 is 0 Å². The van der Waals surface area contributed by atoms with Gasteiger partial charge in [0, 0.05) is 23.5 Å². The molecular weight excluding hydrogens is 228 g/mol. The lowest BCUT2D eigenvalue weighted by Crippen LogP contribution is -2.51. The Morgan fingerprint density at radius 3 is 2.61 bits per heavy atom. The van der Waals surface area contributed by atoms with Gasteiger partial charge in [0.05, 0.1) is 21.1 Å². The molecule has 0 amide bonds. The molecule has 0 aliphatic heterocycles. The Hall–Kier alpha value is -1.81. The van der Waals surface area contributed by atoms with Gasteiger partial charge in [0.2, 0.25) is 0 Å². The van der Waals surface area contributed by atoms with Crippen molar-refractivity contribution in [2.75, 3.05) is 21.1 Å². The second-order valence-electron chi connectivity index (χ2n) is 5.53. The van der Waals surface area contributed by atoms with Gasteiger partial charge in [-0.1, -0.05) is 18.2 Å². The number of fused-ring (bicyclic) bond motifs is 1. The highest BCUT2D eigenvalue weighted by Gasteiger charge is 2.32. The number of carbonyl (C=O) groups is 1. The molecule has 1 aromatic heterocycles. The highest BCUT2D eigenvalue weighted by atomic mass is 16.4. The third kappa shape index (κ3) is 2.38. The van der Waals surface area contributed by atoms with Crippen LogP contribution in [0.25, 0.3) is 10.9 Å². The standard InChI is InChI=1S/C14H18N2O2/c1-16(2,3)13(14(17)18)8-10-9-15-12-7-5-4-6-11(10)12/h4-7,9,13,15H,8H2,1-3H3/p+1/t13-/m1/s1. The Morgan fingerprint density at radius 2 is 2.00 bits per heavy atom. The number of H-pyrrole nitrogens is 1. The van der Waals surface area contributed by atoms with Crippen LogP contribution in [-0.4, -0.2) is 47.7 Å². The van der Waals surface area contributed by atoms with E-state index in [0.717, 1.165) is 16.5 Å². The Bertz CT molecular complexity index is 566. The molecule has 0 bridgehead atoms. The van der Waals surface area contributed by atoms with E-state index in [-0.39, 0.29) is 0 Å². The monoisotopic (exact) mass is 247 g/mol. The zero-order valence-corrected chi connectivity index (χ0v) is 11.0. The summed E-state index contributed by atoms with van der Waals surface area (Å²) in [6.07, 6.45) is 2.44. The molecule has 0 aliphatic carbocycles. The van der Waals surface area contributed by atoms with Crippen molar-refractivity contribution in [3.63, 3.8) is 0 Å². The number of benzene rings is 1. The number of carboxylic acids is 1. The van der Waals surface area contributed by atoms with Crippen molar-refractivity contribution in [3.05, 3.63) is 36.0 Å². The summed E-state index contributed by atoms with van der Waals surface area (Å²) in [5.41, 5.74) is 2.11. The van der Waals surface area contributed by atoms with Gasteiger partial charge in [-0.05, 0) is 11.6 Å². The fourth-order valence-electron chi connectivity index (χ4n) is 2.20. The van der Waals surface area contributed by atoms with Crippen molar-refractivity contribution in [2.45, 2.75) is 12.5 Å². The van der Waals surface area contributed by atoms with E-state index < -0.39 is 12.0 Å². The van der Waals surface area contributed by atoms with Crippen molar-refractivity contribution in [2.24, 2.45) is 0 Å². The SMILES string of the molecule is C[N+](C)(C)[C@H](Cc1c[nH]c2ccccc12)C(=O)O. The van der Waals surface area contributed by atoms with Crippen molar-refractivity contribution >= 4 is 16.9 Å². The molecule has 4 heteroatoms. The Balaban J connectivity index is 2.35. The van der Waals surface area contributed by atoms with Crippen LogP contribution >= 0.6 is 0 Å². The lowest BCUT2D eigenvalue weighted by molar-refractivity contribution is -0.887. The van der Waals surface area contributed by atoms with Crippen LogP contribution in [0.15, 0.2) is 30.5 Å². The molecular formula is C14H19N2O2+. The number of rotatable bonds is 4. The van der Waals surface area contributed by atoms with Crippen LogP contribution in [0.1, 0.15) is 5.56 Å². The number of para-hydroxylation sites is 1. The second-order valence-corrected chi connectivity index (χ2v) is 5.53. The van der Waals surface area contributed by atoms with Gasteiger partial charge >= 0.3 is 5.97 Å². The number of hydrogen-bond acceptors (Lipinski definition) is 1. The molecule has 2 N–H and O–H groups in total. The fraction of sp³-hybridized carbons (Fsp3) is 0.357. The first kappa shape index (κ1) is 12.6. The third-order valence-electron chi connectivity index (χ3n) is 3.31. The van der Waals surface area contributed by atoms with Gasteiger partial charge in [-0.15, -0.1) is 0 Å². The Kier molecular flexibility index (Phi) is 3.13. The molecule has 0 spiro atoms. The first-order valence-corrected chi connectivity index (χ1v) is 5.98. The average molecular weight is 247 g/mol. The maximum absolute atomic E-state index is 11.4. The minimum Gasteiger partial charge on any atom is -0.477 e. The molecule has 0 saturated heterocycles. The van der Waals surface area contributed by atoms with Crippen molar-refractivity contribution in [1.29, 1.82) is 0 Å². The first-order chi connectivity index (χ1) is 8.39. The average Bonchev–Trinajstić information content (AvgIpc) is 2.67. The summed E-state index contributed by atoms with van der Waals surface area (Å²) in [6.45, 7) is 0. The maximum Gasteiger partial charge on any atom is 0.362 e. The summed E-state index contributed by atoms with van der Waals surface area (Å²) in [6, 6.07) is 7.53. The van der Waals surface area contributed by atoms with E-state index in [4.69, 9.17) is 0 Å². The van der Waals surface area contributed by atoms with Crippen molar-refractivity contribution in [1.82, 2.24) is 4.98 Å². The molecule has 2 rings (SSSR count). The molecule has 96 valence electrons. The lowest BCUT2D eigenvalue weighted by Gasteiger charge is -2.31. The van der Waals surface area contributed by atoms with E-state index in [1.807, 2.05) is 51.6 Å². The van der Waals surface area contributed by atoms with Gasteiger partial charge < -0.3 is 14.6 Å². The Morgan fingerprint density at radius 1 is 1.33 bits per heavy atom. The number of likely N-dealkylation sites (N-methyl/N-ethyl adjacent to an activating group) is 1. The molecule has 2 aromatic rings. The van der Waals surface area contributed by atoms with E-state index in [0.29, 0.717) is 10.9 Å². The molecule has 18 heavy (non-hydrogen) atoms. The summed E-state index contributed by atoms with van der Waals surface area (Å²) in [5, 5.41) is 10.5. The number of aromatic nitrogens is 1. The number of aliphatic carboxylic acids is 1. The molecule has 4 nitrogen and oxygen atoms in total. The molecule has 0 unspecified atom stereocenters. The summed E-state index contributed by atoms with van der Waals surface area (Å²) >= 11 is 0. The fourth-order valence-corrected chi connectivity index (χ4v) is 2.20. The van der Waals surface area contributed by atoms with Gasteiger partial charge in [0.25, 0.3) is 0 Å². The molecule has 1 atom stereocenters. The van der Waals surface area contributed by atoms with Gasteiger partial charge in [-0.3, -0.25) is 0 Å². The third-order valence-corrected chi connectivity index (χ3v) is 3.31. The number of hydrogen-bond donors (Lipinski definition) is 2. The molecule has 0 saturated carbocycles. The van der Waals surface area contributed by atoms with E-state index in [9.17, 15) is 9.90 Å². The quantitative estimate of drug-likeness (QED) is 0.810. The highest BCUT2D eigenvalue weighted by molar-refractivity contribution is 5.84. The molecule has 0 aliphatic rings.